The van der Waals surface area contributed by atoms with E-state index in [9.17, 15) is 4.79 Å². The minimum absolute atomic E-state index is 0.141. The number of likely N-dealkylation sites (tertiary alicyclic amines) is 1. The van der Waals surface area contributed by atoms with E-state index in [2.05, 4.69) is 40.0 Å². The zero-order valence-electron chi connectivity index (χ0n) is 15.0. The summed E-state index contributed by atoms with van der Waals surface area (Å²) in [7, 11) is 0. The second-order valence-electron chi connectivity index (χ2n) is 6.95. The Balaban J connectivity index is 1.59. The number of hydrogen-bond donors (Lipinski definition) is 2. The highest BCUT2D eigenvalue weighted by Gasteiger charge is 2.25. The number of aryl methyl sites for hydroxylation is 1. The second kappa shape index (κ2) is 8.50. The highest BCUT2D eigenvalue weighted by Crippen LogP contribution is 2.29. The standard InChI is InChI=1S/C20H27N3OS/c1-15-8-10-23(11-9-15)18(19-7-4-12-25-19)14-21-20(24)22-17-6-3-5-16(2)13-17/h3-7,12-13,15,18H,8-11,14H2,1-2H3,(H2,21,22,24). The third-order valence-corrected chi connectivity index (χ3v) is 5.84. The van der Waals surface area contributed by atoms with E-state index in [4.69, 9.17) is 0 Å². The summed E-state index contributed by atoms with van der Waals surface area (Å²) in [6.45, 7) is 7.18. The Kier molecular flexibility index (Phi) is 6.10. The molecule has 4 nitrogen and oxygen atoms in total. The average Bonchev–Trinajstić information content (AvgIpc) is 3.11. The Labute approximate surface area is 154 Å². The molecule has 1 aromatic carbocycles. The third-order valence-electron chi connectivity index (χ3n) is 4.86. The lowest BCUT2D eigenvalue weighted by molar-refractivity contribution is 0.138. The molecule has 25 heavy (non-hydrogen) atoms. The highest BCUT2D eigenvalue weighted by molar-refractivity contribution is 7.10. The molecule has 0 bridgehead atoms. The average molecular weight is 358 g/mol. The first kappa shape index (κ1) is 18.0. The van der Waals surface area contributed by atoms with Crippen molar-refractivity contribution in [2.75, 3.05) is 25.0 Å². The monoisotopic (exact) mass is 357 g/mol. The number of anilines is 1. The van der Waals surface area contributed by atoms with E-state index < -0.39 is 0 Å². The fraction of sp³-hybridized carbons (Fsp3) is 0.450. The van der Waals surface area contributed by atoms with Crippen molar-refractivity contribution in [1.82, 2.24) is 10.2 Å². The van der Waals surface area contributed by atoms with Crippen LogP contribution in [0.2, 0.25) is 0 Å². The van der Waals surface area contributed by atoms with Crippen molar-refractivity contribution in [2.45, 2.75) is 32.7 Å². The Bertz CT molecular complexity index is 678. The van der Waals surface area contributed by atoms with Gasteiger partial charge in [-0.3, -0.25) is 4.90 Å². The van der Waals surface area contributed by atoms with Gasteiger partial charge >= 0.3 is 6.03 Å². The first-order valence-electron chi connectivity index (χ1n) is 9.01. The normalized spacial score (nSPS) is 17.2. The zero-order chi connectivity index (χ0) is 17.6. The number of carbonyl (C=O) groups excluding carboxylic acids is 1. The van der Waals surface area contributed by atoms with Crippen LogP contribution < -0.4 is 10.6 Å². The first-order valence-corrected chi connectivity index (χ1v) is 9.89. The van der Waals surface area contributed by atoms with Crippen LogP contribution in [0.5, 0.6) is 0 Å². The minimum atomic E-state index is -0.141. The summed E-state index contributed by atoms with van der Waals surface area (Å²) in [4.78, 5) is 16.1. The van der Waals surface area contributed by atoms with Crippen LogP contribution in [0.25, 0.3) is 0 Å². The Morgan fingerprint density at radius 1 is 1.28 bits per heavy atom. The molecule has 1 atom stereocenters. The van der Waals surface area contributed by atoms with Crippen molar-refractivity contribution in [3.8, 4) is 0 Å². The van der Waals surface area contributed by atoms with Gasteiger partial charge < -0.3 is 10.6 Å². The zero-order valence-corrected chi connectivity index (χ0v) is 15.8. The fourth-order valence-corrected chi connectivity index (χ4v) is 4.18. The van der Waals surface area contributed by atoms with Crippen LogP contribution in [0, 0.1) is 12.8 Å². The van der Waals surface area contributed by atoms with E-state index in [1.165, 1.54) is 17.7 Å². The van der Waals surface area contributed by atoms with E-state index in [1.807, 2.05) is 31.2 Å². The van der Waals surface area contributed by atoms with E-state index in [0.717, 1.165) is 30.3 Å². The van der Waals surface area contributed by atoms with E-state index >= 15 is 0 Å². The van der Waals surface area contributed by atoms with Gasteiger partial charge in [-0.15, -0.1) is 11.3 Å². The number of benzene rings is 1. The predicted octanol–water partition coefficient (Wildman–Crippen LogP) is 4.65. The molecule has 1 aliphatic rings. The Morgan fingerprint density at radius 3 is 2.76 bits per heavy atom. The van der Waals surface area contributed by atoms with Gasteiger partial charge in [0.2, 0.25) is 0 Å². The Hall–Kier alpha value is -1.85. The molecule has 1 aliphatic heterocycles. The SMILES string of the molecule is Cc1cccc(NC(=O)NCC(c2cccs2)N2CCC(C)CC2)c1. The second-order valence-corrected chi connectivity index (χ2v) is 7.93. The van der Waals surface area contributed by atoms with Crippen LogP contribution in [0.15, 0.2) is 41.8 Å². The summed E-state index contributed by atoms with van der Waals surface area (Å²) in [5, 5.41) is 8.10. The molecule has 0 spiro atoms. The molecule has 0 aliphatic carbocycles. The van der Waals surface area contributed by atoms with Crippen molar-refractivity contribution < 1.29 is 4.79 Å². The van der Waals surface area contributed by atoms with E-state index in [-0.39, 0.29) is 12.1 Å². The number of piperidine rings is 1. The van der Waals surface area contributed by atoms with Crippen molar-refractivity contribution >= 4 is 23.1 Å². The highest BCUT2D eigenvalue weighted by atomic mass is 32.1. The molecule has 0 radical (unpaired) electrons. The smallest absolute Gasteiger partial charge is 0.319 e. The van der Waals surface area contributed by atoms with Crippen LogP contribution in [0.1, 0.15) is 36.2 Å². The minimum Gasteiger partial charge on any atom is -0.336 e. The number of urea groups is 1. The Morgan fingerprint density at radius 2 is 2.08 bits per heavy atom. The number of thiophene rings is 1. The summed E-state index contributed by atoms with van der Waals surface area (Å²) in [6.07, 6.45) is 2.47. The molecule has 0 saturated carbocycles. The lowest BCUT2D eigenvalue weighted by Gasteiger charge is -2.36. The molecule has 2 aromatic rings. The molecule has 1 unspecified atom stereocenters. The quantitative estimate of drug-likeness (QED) is 0.818. The summed E-state index contributed by atoms with van der Waals surface area (Å²) in [5.74, 6) is 0.804. The van der Waals surface area contributed by atoms with E-state index in [1.54, 1.807) is 11.3 Å². The molecule has 2 N–H and O–H groups in total. The summed E-state index contributed by atoms with van der Waals surface area (Å²) >= 11 is 1.77. The molecular weight excluding hydrogens is 330 g/mol. The van der Waals surface area contributed by atoms with Crippen LogP contribution >= 0.6 is 11.3 Å². The van der Waals surface area contributed by atoms with Crippen molar-refractivity contribution in [1.29, 1.82) is 0 Å². The molecule has 1 fully saturated rings. The van der Waals surface area contributed by atoms with Gasteiger partial charge in [0, 0.05) is 17.1 Å². The van der Waals surface area contributed by atoms with Crippen LogP contribution in [-0.2, 0) is 0 Å². The fourth-order valence-electron chi connectivity index (χ4n) is 3.32. The predicted molar refractivity (Wildman–Crippen MR) is 105 cm³/mol. The summed E-state index contributed by atoms with van der Waals surface area (Å²) < 4.78 is 0. The van der Waals surface area contributed by atoms with Gasteiger partial charge in [0.05, 0.1) is 6.04 Å². The first-order chi connectivity index (χ1) is 12.1. The lowest BCUT2D eigenvalue weighted by atomic mass is 9.97. The van der Waals surface area contributed by atoms with Gasteiger partial charge in [0.15, 0.2) is 0 Å². The number of hydrogen-bond acceptors (Lipinski definition) is 3. The summed E-state index contributed by atoms with van der Waals surface area (Å²) in [6, 6.07) is 12.2. The largest absolute Gasteiger partial charge is 0.336 e. The van der Waals surface area contributed by atoms with Crippen molar-refractivity contribution in [2.24, 2.45) is 5.92 Å². The number of carbonyl (C=O) groups is 1. The molecule has 2 amide bonds. The maximum absolute atomic E-state index is 12.3. The molecule has 2 heterocycles. The van der Waals surface area contributed by atoms with Crippen molar-refractivity contribution in [3.05, 3.63) is 52.2 Å². The number of amides is 2. The maximum Gasteiger partial charge on any atom is 0.319 e. The molecule has 1 saturated heterocycles. The van der Waals surface area contributed by atoms with Gasteiger partial charge in [-0.25, -0.2) is 4.79 Å². The molecule has 3 rings (SSSR count). The van der Waals surface area contributed by atoms with Crippen LogP contribution in [-0.4, -0.2) is 30.6 Å². The van der Waals surface area contributed by atoms with Gasteiger partial charge in [-0.2, -0.15) is 0 Å². The lowest BCUT2D eigenvalue weighted by Crippen LogP contribution is -2.42. The van der Waals surface area contributed by atoms with Crippen LogP contribution in [0.4, 0.5) is 10.5 Å². The molecule has 5 heteroatoms. The number of rotatable bonds is 5. The van der Waals surface area contributed by atoms with Crippen molar-refractivity contribution in [3.63, 3.8) is 0 Å². The van der Waals surface area contributed by atoms with E-state index in [0.29, 0.717) is 6.54 Å². The maximum atomic E-state index is 12.3. The van der Waals surface area contributed by atoms with Crippen LogP contribution in [0.3, 0.4) is 0 Å². The van der Waals surface area contributed by atoms with Gasteiger partial charge in [0.1, 0.15) is 0 Å². The number of nitrogens with one attached hydrogen (secondary N) is 2. The van der Waals surface area contributed by atoms with Gasteiger partial charge in [0.25, 0.3) is 0 Å². The van der Waals surface area contributed by atoms with Gasteiger partial charge in [-0.1, -0.05) is 25.1 Å². The number of nitrogens with zero attached hydrogens (tertiary/aromatic N) is 1. The summed E-state index contributed by atoms with van der Waals surface area (Å²) in [5.41, 5.74) is 1.97. The van der Waals surface area contributed by atoms with Gasteiger partial charge in [-0.05, 0) is 67.9 Å². The molecule has 134 valence electrons. The topological polar surface area (TPSA) is 44.4 Å². The molecular formula is C20H27N3OS. The molecule has 1 aromatic heterocycles. The third kappa shape index (κ3) is 5.06.